The molecule has 0 saturated carbocycles. The predicted molar refractivity (Wildman–Crippen MR) is 89.5 cm³/mol. The van der Waals surface area contributed by atoms with Gasteiger partial charge in [-0.2, -0.15) is 18.3 Å². The van der Waals surface area contributed by atoms with Crippen LogP contribution in [0.2, 0.25) is 0 Å². The zero-order valence-corrected chi connectivity index (χ0v) is 14.0. The van der Waals surface area contributed by atoms with Gasteiger partial charge in [-0.3, -0.25) is 5.10 Å². The Morgan fingerprint density at radius 3 is 2.92 bits per heavy atom. The molecule has 2 N–H and O–H groups in total. The molecule has 9 heteroatoms. The smallest absolute Gasteiger partial charge is 0.324 e. The van der Waals surface area contributed by atoms with Crippen LogP contribution in [0.1, 0.15) is 24.5 Å². The van der Waals surface area contributed by atoms with Gasteiger partial charge < -0.3 is 10.2 Å². The Morgan fingerprint density at radius 2 is 2.20 bits per heavy atom. The zero-order chi connectivity index (χ0) is 17.9. The third-order valence-corrected chi connectivity index (χ3v) is 4.71. The quantitative estimate of drug-likeness (QED) is 0.786. The summed E-state index contributed by atoms with van der Waals surface area (Å²) in [4.78, 5) is 14.2. The number of hydrogen-bond donors (Lipinski definition) is 2. The molecule has 1 saturated heterocycles. The van der Waals surface area contributed by atoms with Crippen LogP contribution in [0.4, 0.5) is 23.7 Å². The third-order valence-electron chi connectivity index (χ3n) is 3.99. The summed E-state index contributed by atoms with van der Waals surface area (Å²) in [6.07, 6.45) is 3.50. The molecule has 1 aromatic heterocycles. The number of nitrogens with one attached hydrogen (secondary N) is 2. The van der Waals surface area contributed by atoms with E-state index >= 15 is 0 Å². The number of piperidine rings is 1. The Bertz CT molecular complexity index is 720. The molecule has 5 nitrogen and oxygen atoms in total. The fraction of sp³-hybridized carbons (Fsp3) is 0.375. The van der Waals surface area contributed by atoms with E-state index < -0.39 is 5.51 Å². The summed E-state index contributed by atoms with van der Waals surface area (Å²) in [5.74, 6) is 0.189. The molecule has 1 aliphatic rings. The first kappa shape index (κ1) is 17.7. The minimum Gasteiger partial charge on any atom is -0.324 e. The molecular weight excluding hydrogens is 353 g/mol. The SMILES string of the molecule is O=C(Nc1cccc(SC(F)(F)F)c1)N1CCC[C@H](c2ccn[nH]2)C1. The molecule has 0 radical (unpaired) electrons. The van der Waals surface area contributed by atoms with Gasteiger partial charge in [0, 0.05) is 41.5 Å². The summed E-state index contributed by atoms with van der Waals surface area (Å²) in [6.45, 7) is 1.17. The summed E-state index contributed by atoms with van der Waals surface area (Å²) >= 11 is -0.200. The van der Waals surface area contributed by atoms with Gasteiger partial charge >= 0.3 is 11.5 Å². The second kappa shape index (κ2) is 7.38. The van der Waals surface area contributed by atoms with E-state index in [-0.39, 0.29) is 28.6 Å². The van der Waals surface area contributed by atoms with Crippen LogP contribution in [0.3, 0.4) is 0 Å². The Labute approximate surface area is 147 Å². The van der Waals surface area contributed by atoms with Gasteiger partial charge in [0.1, 0.15) is 0 Å². The first-order chi connectivity index (χ1) is 11.9. The van der Waals surface area contributed by atoms with Crippen LogP contribution in [0, 0.1) is 0 Å². The van der Waals surface area contributed by atoms with E-state index in [2.05, 4.69) is 15.5 Å². The monoisotopic (exact) mass is 370 g/mol. The second-order valence-electron chi connectivity index (χ2n) is 5.80. The number of alkyl halides is 3. The maximum Gasteiger partial charge on any atom is 0.446 e. The summed E-state index contributed by atoms with van der Waals surface area (Å²) in [5, 5.41) is 9.55. The third kappa shape index (κ3) is 4.91. The van der Waals surface area contributed by atoms with Crippen molar-refractivity contribution in [2.45, 2.75) is 29.2 Å². The van der Waals surface area contributed by atoms with Crippen LogP contribution in [-0.4, -0.2) is 39.7 Å². The first-order valence-corrected chi connectivity index (χ1v) is 8.63. The van der Waals surface area contributed by atoms with Crippen LogP contribution < -0.4 is 5.32 Å². The highest BCUT2D eigenvalue weighted by atomic mass is 32.2. The van der Waals surface area contributed by atoms with Crippen molar-refractivity contribution in [3.8, 4) is 0 Å². The number of aromatic amines is 1. The molecule has 0 unspecified atom stereocenters. The number of likely N-dealkylation sites (tertiary alicyclic amines) is 1. The minimum absolute atomic E-state index is 0.0410. The van der Waals surface area contributed by atoms with Gasteiger partial charge in [0.2, 0.25) is 0 Å². The normalized spacial score (nSPS) is 18.2. The molecule has 1 aromatic carbocycles. The number of hydrogen-bond acceptors (Lipinski definition) is 3. The number of carbonyl (C=O) groups excluding carboxylic acids is 1. The average molecular weight is 370 g/mol. The van der Waals surface area contributed by atoms with Crippen molar-refractivity contribution in [3.05, 3.63) is 42.2 Å². The molecule has 3 rings (SSSR count). The van der Waals surface area contributed by atoms with E-state index in [4.69, 9.17) is 0 Å². The lowest BCUT2D eigenvalue weighted by molar-refractivity contribution is -0.0328. The maximum atomic E-state index is 12.5. The molecule has 0 bridgehead atoms. The van der Waals surface area contributed by atoms with E-state index in [1.807, 2.05) is 6.07 Å². The molecule has 2 aromatic rings. The van der Waals surface area contributed by atoms with E-state index in [0.29, 0.717) is 18.8 Å². The van der Waals surface area contributed by atoms with Gasteiger partial charge in [0.15, 0.2) is 0 Å². The lowest BCUT2D eigenvalue weighted by Crippen LogP contribution is -2.41. The summed E-state index contributed by atoms with van der Waals surface area (Å²) in [5.41, 5.74) is -3.02. The Morgan fingerprint density at radius 1 is 1.36 bits per heavy atom. The van der Waals surface area contributed by atoms with Crippen molar-refractivity contribution in [3.63, 3.8) is 0 Å². The van der Waals surface area contributed by atoms with Crippen LogP contribution in [-0.2, 0) is 0 Å². The van der Waals surface area contributed by atoms with Gasteiger partial charge in [-0.1, -0.05) is 6.07 Å². The van der Waals surface area contributed by atoms with Crippen molar-refractivity contribution >= 4 is 23.5 Å². The number of rotatable bonds is 3. The van der Waals surface area contributed by atoms with Gasteiger partial charge in [-0.25, -0.2) is 4.79 Å². The molecule has 1 atom stereocenters. The van der Waals surface area contributed by atoms with Crippen LogP contribution >= 0.6 is 11.8 Å². The number of thioether (sulfide) groups is 1. The van der Waals surface area contributed by atoms with Crippen molar-refractivity contribution in [1.82, 2.24) is 15.1 Å². The van der Waals surface area contributed by atoms with Crippen molar-refractivity contribution < 1.29 is 18.0 Å². The average Bonchev–Trinajstić information content (AvgIpc) is 3.08. The highest BCUT2D eigenvalue weighted by molar-refractivity contribution is 8.00. The minimum atomic E-state index is -4.35. The van der Waals surface area contributed by atoms with Crippen molar-refractivity contribution in [2.75, 3.05) is 18.4 Å². The molecular formula is C16H17F3N4OS. The van der Waals surface area contributed by atoms with E-state index in [9.17, 15) is 18.0 Å². The van der Waals surface area contributed by atoms with Gasteiger partial charge in [-0.15, -0.1) is 0 Å². The number of H-pyrrole nitrogens is 1. The number of aromatic nitrogens is 2. The zero-order valence-electron chi connectivity index (χ0n) is 13.2. The number of halogens is 3. The van der Waals surface area contributed by atoms with Crippen LogP contribution in [0.5, 0.6) is 0 Å². The maximum absolute atomic E-state index is 12.5. The van der Waals surface area contributed by atoms with Crippen molar-refractivity contribution in [2.24, 2.45) is 0 Å². The summed E-state index contributed by atoms with van der Waals surface area (Å²) in [6, 6.07) is 7.35. The molecule has 25 heavy (non-hydrogen) atoms. The molecule has 2 heterocycles. The lowest BCUT2D eigenvalue weighted by Gasteiger charge is -2.32. The topological polar surface area (TPSA) is 61.0 Å². The van der Waals surface area contributed by atoms with Crippen molar-refractivity contribution in [1.29, 1.82) is 0 Å². The fourth-order valence-corrected chi connectivity index (χ4v) is 3.48. The second-order valence-corrected chi connectivity index (χ2v) is 6.94. The first-order valence-electron chi connectivity index (χ1n) is 7.82. The fourth-order valence-electron chi connectivity index (χ4n) is 2.88. The molecule has 1 fully saturated rings. The molecule has 0 aliphatic carbocycles. The molecule has 0 spiro atoms. The van der Waals surface area contributed by atoms with E-state index in [1.54, 1.807) is 17.2 Å². The number of benzene rings is 1. The number of urea groups is 1. The lowest BCUT2D eigenvalue weighted by atomic mass is 9.95. The Kier molecular flexibility index (Phi) is 5.22. The Hall–Kier alpha value is -2.16. The number of nitrogens with zero attached hydrogens (tertiary/aromatic N) is 2. The highest BCUT2D eigenvalue weighted by Gasteiger charge is 2.29. The molecule has 134 valence electrons. The Balaban J connectivity index is 1.63. The number of anilines is 1. The number of amides is 2. The standard InChI is InChI=1S/C16H17F3N4OS/c17-16(18,19)25-13-5-1-4-12(9-13)21-15(24)23-8-2-3-11(10-23)14-6-7-20-22-14/h1,4-7,9,11H,2-3,8,10H2,(H,20,22)(H,21,24)/t11-/m0/s1. The highest BCUT2D eigenvalue weighted by Crippen LogP contribution is 2.37. The molecule has 1 aliphatic heterocycles. The van der Waals surface area contributed by atoms with E-state index in [0.717, 1.165) is 18.5 Å². The van der Waals surface area contributed by atoms with Gasteiger partial charge in [0.05, 0.1) is 0 Å². The predicted octanol–water partition coefficient (Wildman–Crippen LogP) is 4.43. The van der Waals surface area contributed by atoms with E-state index in [1.165, 1.54) is 18.2 Å². The number of carbonyl (C=O) groups is 1. The van der Waals surface area contributed by atoms with Gasteiger partial charge in [0.25, 0.3) is 0 Å². The van der Waals surface area contributed by atoms with Crippen LogP contribution in [0.25, 0.3) is 0 Å². The van der Waals surface area contributed by atoms with Crippen LogP contribution in [0.15, 0.2) is 41.4 Å². The largest absolute Gasteiger partial charge is 0.446 e. The summed E-state index contributed by atoms with van der Waals surface area (Å²) in [7, 11) is 0. The van der Waals surface area contributed by atoms with Gasteiger partial charge in [-0.05, 0) is 48.9 Å². The molecule has 2 amide bonds. The summed E-state index contributed by atoms with van der Waals surface area (Å²) < 4.78 is 37.4.